The van der Waals surface area contributed by atoms with Crippen LogP contribution in [0.5, 0.6) is 0 Å². The van der Waals surface area contributed by atoms with Gasteiger partial charge in [0.15, 0.2) is 0 Å². The van der Waals surface area contributed by atoms with E-state index in [2.05, 4.69) is 5.32 Å². The van der Waals surface area contributed by atoms with Crippen LogP contribution in [0.2, 0.25) is 0 Å². The van der Waals surface area contributed by atoms with Crippen LogP contribution in [0.1, 0.15) is 12.0 Å². The van der Waals surface area contributed by atoms with E-state index in [4.69, 9.17) is 27.4 Å². The highest BCUT2D eigenvalue weighted by molar-refractivity contribution is 7.80. The van der Waals surface area contributed by atoms with Crippen molar-refractivity contribution in [2.45, 2.75) is 6.42 Å². The molecular weight excluding hydrogens is 276 g/mol. The normalized spacial score (nSPS) is 17.9. The summed E-state index contributed by atoms with van der Waals surface area (Å²) >= 11 is 4.90. The van der Waals surface area contributed by atoms with Gasteiger partial charge in [-0.05, 0) is 18.6 Å². The van der Waals surface area contributed by atoms with E-state index >= 15 is 0 Å². The van der Waals surface area contributed by atoms with Crippen LogP contribution >= 0.6 is 12.2 Å². The Balaban J connectivity index is 1.76. The van der Waals surface area contributed by atoms with Crippen LogP contribution in [-0.2, 0) is 14.3 Å². The van der Waals surface area contributed by atoms with Gasteiger partial charge in [-0.3, -0.25) is 4.79 Å². The van der Waals surface area contributed by atoms with Crippen molar-refractivity contribution in [2.24, 2.45) is 11.7 Å². The maximum Gasteiger partial charge on any atom is 0.250 e. The molecule has 1 saturated heterocycles. The number of hydrogen-bond donors (Lipinski definition) is 2. The van der Waals surface area contributed by atoms with Crippen LogP contribution in [0, 0.1) is 5.92 Å². The molecule has 5 nitrogen and oxygen atoms in total. The fourth-order valence-electron chi connectivity index (χ4n) is 1.98. The van der Waals surface area contributed by atoms with Gasteiger partial charge in [-0.25, -0.2) is 0 Å². The summed E-state index contributed by atoms with van der Waals surface area (Å²) in [5.74, 6) is 0.213. The summed E-state index contributed by atoms with van der Waals surface area (Å²) in [5.41, 5.74) is 6.93. The van der Waals surface area contributed by atoms with Crippen molar-refractivity contribution in [3.8, 4) is 0 Å². The van der Waals surface area contributed by atoms with Gasteiger partial charge in [-0.15, -0.1) is 0 Å². The number of ether oxygens (including phenoxy) is 2. The highest BCUT2D eigenvalue weighted by atomic mass is 32.1. The number of benzene rings is 1. The molecule has 1 aromatic rings. The maximum absolute atomic E-state index is 11.7. The second-order valence-corrected chi connectivity index (χ2v) is 5.18. The molecule has 0 spiro atoms. The van der Waals surface area contributed by atoms with Gasteiger partial charge in [-0.2, -0.15) is 0 Å². The number of nitrogens with one attached hydrogen (secondary N) is 1. The summed E-state index contributed by atoms with van der Waals surface area (Å²) in [7, 11) is 0. The number of nitrogens with two attached hydrogens (primary N) is 1. The smallest absolute Gasteiger partial charge is 0.250 e. The fraction of sp³-hybridized carbons (Fsp3) is 0.429. The Kier molecular flexibility index (Phi) is 5.46. The molecule has 0 bridgehead atoms. The molecule has 3 N–H and O–H groups in total. The van der Waals surface area contributed by atoms with E-state index in [1.54, 1.807) is 24.3 Å². The third-order valence-corrected chi connectivity index (χ3v) is 3.28. The lowest BCUT2D eigenvalue weighted by molar-refractivity contribution is -0.121. The number of carbonyl (C=O) groups excluding carboxylic acids is 1. The molecule has 0 saturated carbocycles. The highest BCUT2D eigenvalue weighted by Crippen LogP contribution is 2.13. The van der Waals surface area contributed by atoms with Crippen LogP contribution < -0.4 is 11.1 Å². The lowest BCUT2D eigenvalue weighted by Crippen LogP contribution is -2.21. The Morgan fingerprint density at radius 1 is 1.55 bits per heavy atom. The monoisotopic (exact) mass is 294 g/mol. The lowest BCUT2D eigenvalue weighted by Gasteiger charge is -2.10. The quantitative estimate of drug-likeness (QED) is 0.774. The number of carbonyl (C=O) groups is 1. The first-order valence-electron chi connectivity index (χ1n) is 6.50. The molecule has 1 atom stereocenters. The fourth-order valence-corrected chi connectivity index (χ4v) is 2.11. The minimum Gasteiger partial charge on any atom is -0.389 e. The molecule has 1 unspecified atom stereocenters. The van der Waals surface area contributed by atoms with Crippen LogP contribution in [-0.4, -0.2) is 37.3 Å². The molecule has 1 aliphatic heterocycles. The Morgan fingerprint density at radius 2 is 2.40 bits per heavy atom. The molecule has 20 heavy (non-hydrogen) atoms. The van der Waals surface area contributed by atoms with Gasteiger partial charge in [0.25, 0.3) is 0 Å². The first-order chi connectivity index (χ1) is 9.65. The van der Waals surface area contributed by atoms with Crippen molar-refractivity contribution < 1.29 is 14.3 Å². The van der Waals surface area contributed by atoms with E-state index in [0.717, 1.165) is 25.2 Å². The first-order valence-corrected chi connectivity index (χ1v) is 6.91. The molecule has 108 valence electrons. The van der Waals surface area contributed by atoms with Crippen molar-refractivity contribution in [1.29, 1.82) is 0 Å². The van der Waals surface area contributed by atoms with Gasteiger partial charge in [0.2, 0.25) is 5.91 Å². The number of thiocarbonyl (C=S) groups is 1. The number of anilines is 1. The van der Waals surface area contributed by atoms with Gasteiger partial charge >= 0.3 is 0 Å². The summed E-state index contributed by atoms with van der Waals surface area (Å²) in [5, 5.41) is 2.75. The predicted octanol–water partition coefficient (Wildman–Crippen LogP) is 1.31. The molecule has 1 aliphatic rings. The SMILES string of the molecule is NC(=S)c1cccc(NC(=O)COCC2CCOC2)c1. The zero-order valence-corrected chi connectivity index (χ0v) is 11.9. The average Bonchev–Trinajstić information content (AvgIpc) is 2.92. The van der Waals surface area contributed by atoms with E-state index in [-0.39, 0.29) is 12.5 Å². The first kappa shape index (κ1) is 14.9. The molecule has 6 heteroatoms. The Labute approximate surface area is 123 Å². The van der Waals surface area contributed by atoms with E-state index in [0.29, 0.717) is 23.2 Å². The topological polar surface area (TPSA) is 73.6 Å². The molecular formula is C14H18N2O3S. The van der Waals surface area contributed by atoms with Crippen molar-refractivity contribution in [1.82, 2.24) is 0 Å². The lowest BCUT2D eigenvalue weighted by atomic mass is 10.1. The third kappa shape index (κ3) is 4.56. The van der Waals surface area contributed by atoms with Crippen LogP contribution in [0.25, 0.3) is 0 Å². The summed E-state index contributed by atoms with van der Waals surface area (Å²) in [6.45, 7) is 2.10. The third-order valence-electron chi connectivity index (χ3n) is 3.04. The summed E-state index contributed by atoms with van der Waals surface area (Å²) in [6, 6.07) is 7.12. The Bertz CT molecular complexity index is 487. The van der Waals surface area contributed by atoms with Crippen LogP contribution in [0.4, 0.5) is 5.69 Å². The number of hydrogen-bond acceptors (Lipinski definition) is 4. The van der Waals surface area contributed by atoms with Gasteiger partial charge < -0.3 is 20.5 Å². The predicted molar refractivity (Wildman–Crippen MR) is 80.7 cm³/mol. The van der Waals surface area contributed by atoms with Crippen molar-refractivity contribution in [3.05, 3.63) is 29.8 Å². The second-order valence-electron chi connectivity index (χ2n) is 4.74. The van der Waals surface area contributed by atoms with E-state index in [1.807, 2.05) is 0 Å². The van der Waals surface area contributed by atoms with E-state index < -0.39 is 0 Å². The zero-order valence-electron chi connectivity index (χ0n) is 11.1. The van der Waals surface area contributed by atoms with E-state index in [9.17, 15) is 4.79 Å². The average molecular weight is 294 g/mol. The number of amides is 1. The minimum absolute atomic E-state index is 0.0355. The van der Waals surface area contributed by atoms with E-state index in [1.165, 1.54) is 0 Å². The second kappa shape index (κ2) is 7.33. The van der Waals surface area contributed by atoms with Gasteiger partial charge in [-0.1, -0.05) is 24.4 Å². The van der Waals surface area contributed by atoms with Crippen molar-refractivity contribution >= 4 is 28.8 Å². The van der Waals surface area contributed by atoms with Crippen molar-refractivity contribution in [2.75, 3.05) is 31.7 Å². The molecule has 0 radical (unpaired) electrons. The Hall–Kier alpha value is -1.50. The molecule has 0 aliphatic carbocycles. The molecule has 1 heterocycles. The molecule has 0 aromatic heterocycles. The van der Waals surface area contributed by atoms with Gasteiger partial charge in [0.05, 0.1) is 13.2 Å². The summed E-state index contributed by atoms with van der Waals surface area (Å²) in [4.78, 5) is 12.0. The standard InChI is InChI=1S/C14H18N2O3S/c15-14(20)11-2-1-3-12(6-11)16-13(17)9-19-8-10-4-5-18-7-10/h1-3,6,10H,4-5,7-9H2,(H2,15,20)(H,16,17). The highest BCUT2D eigenvalue weighted by Gasteiger charge is 2.16. The van der Waals surface area contributed by atoms with Gasteiger partial charge in [0.1, 0.15) is 11.6 Å². The maximum atomic E-state index is 11.7. The number of rotatable bonds is 6. The zero-order chi connectivity index (χ0) is 14.4. The minimum atomic E-state index is -0.191. The molecule has 2 rings (SSSR count). The van der Waals surface area contributed by atoms with Crippen molar-refractivity contribution in [3.63, 3.8) is 0 Å². The van der Waals surface area contributed by atoms with Gasteiger partial charge in [0, 0.05) is 23.8 Å². The summed E-state index contributed by atoms with van der Waals surface area (Å²) < 4.78 is 10.6. The molecule has 1 aromatic carbocycles. The van der Waals surface area contributed by atoms with Crippen LogP contribution in [0.3, 0.4) is 0 Å². The summed E-state index contributed by atoms with van der Waals surface area (Å²) in [6.07, 6.45) is 0.998. The Morgan fingerprint density at radius 3 is 3.10 bits per heavy atom. The largest absolute Gasteiger partial charge is 0.389 e. The molecule has 1 amide bonds. The molecule has 1 fully saturated rings. The van der Waals surface area contributed by atoms with Crippen LogP contribution in [0.15, 0.2) is 24.3 Å².